The summed E-state index contributed by atoms with van der Waals surface area (Å²) in [6.07, 6.45) is 4.34. The first-order valence-corrected chi connectivity index (χ1v) is 6.36. The summed E-state index contributed by atoms with van der Waals surface area (Å²) in [5, 5.41) is 0. The van der Waals surface area contributed by atoms with E-state index in [1.54, 1.807) is 6.33 Å². The molecule has 1 N–H and O–H groups in total. The zero-order valence-electron chi connectivity index (χ0n) is 10.4. The number of imidazole rings is 1. The fraction of sp³-hybridized carbons (Fsp3) is 0.333. The highest BCUT2D eigenvalue weighted by atomic mass is 16.1. The molecule has 0 saturated heterocycles. The topological polar surface area (TPSA) is 45.8 Å². The van der Waals surface area contributed by atoms with Crippen LogP contribution < -0.4 is 0 Å². The van der Waals surface area contributed by atoms with E-state index in [0.29, 0.717) is 0 Å². The molecule has 18 heavy (non-hydrogen) atoms. The van der Waals surface area contributed by atoms with E-state index in [1.165, 1.54) is 11.3 Å². The molecule has 3 rings (SSSR count). The predicted molar refractivity (Wildman–Crippen MR) is 69.6 cm³/mol. The first-order valence-electron chi connectivity index (χ1n) is 6.36. The van der Waals surface area contributed by atoms with Gasteiger partial charge in [-0.05, 0) is 19.8 Å². The van der Waals surface area contributed by atoms with E-state index in [-0.39, 0.29) is 11.7 Å². The van der Waals surface area contributed by atoms with Gasteiger partial charge in [0.25, 0.3) is 0 Å². The van der Waals surface area contributed by atoms with Crippen molar-refractivity contribution in [1.82, 2.24) is 9.97 Å². The quantitative estimate of drug-likeness (QED) is 0.820. The zero-order chi connectivity index (χ0) is 12.5. The summed E-state index contributed by atoms with van der Waals surface area (Å²) in [6.45, 7) is 2.03. The van der Waals surface area contributed by atoms with Crippen molar-refractivity contribution in [2.24, 2.45) is 5.92 Å². The van der Waals surface area contributed by atoms with Gasteiger partial charge in [-0.2, -0.15) is 0 Å². The van der Waals surface area contributed by atoms with Gasteiger partial charge in [-0.3, -0.25) is 4.79 Å². The third-order valence-corrected chi connectivity index (χ3v) is 3.70. The second kappa shape index (κ2) is 4.41. The normalized spacial score (nSPS) is 18.4. The van der Waals surface area contributed by atoms with E-state index in [0.717, 1.165) is 30.5 Å². The first-order chi connectivity index (χ1) is 8.74. The second-order valence-corrected chi connectivity index (χ2v) is 5.00. The van der Waals surface area contributed by atoms with Crippen LogP contribution in [0.25, 0.3) is 0 Å². The Bertz CT molecular complexity index is 568. The molecule has 0 radical (unpaired) electrons. The van der Waals surface area contributed by atoms with Gasteiger partial charge in [-0.1, -0.05) is 29.8 Å². The number of aromatic nitrogens is 2. The number of carbonyl (C=O) groups is 1. The van der Waals surface area contributed by atoms with Gasteiger partial charge >= 0.3 is 0 Å². The van der Waals surface area contributed by atoms with E-state index in [1.807, 2.05) is 31.2 Å². The van der Waals surface area contributed by atoms with Crippen LogP contribution in [-0.4, -0.2) is 15.8 Å². The van der Waals surface area contributed by atoms with Crippen LogP contribution in [0, 0.1) is 12.8 Å². The van der Waals surface area contributed by atoms with Crippen molar-refractivity contribution in [1.29, 1.82) is 0 Å². The third-order valence-electron chi connectivity index (χ3n) is 3.70. The number of hydrogen-bond acceptors (Lipinski definition) is 2. The lowest BCUT2D eigenvalue weighted by molar-refractivity contribution is 0.0908. The molecule has 0 saturated carbocycles. The number of ketones is 1. The Hall–Kier alpha value is -1.90. The van der Waals surface area contributed by atoms with E-state index < -0.39 is 0 Å². The summed E-state index contributed by atoms with van der Waals surface area (Å²) in [7, 11) is 0. The molecule has 0 aliphatic heterocycles. The largest absolute Gasteiger partial charge is 0.348 e. The van der Waals surface area contributed by atoms with Crippen molar-refractivity contribution >= 4 is 5.78 Å². The Morgan fingerprint density at radius 2 is 2.11 bits per heavy atom. The molecule has 1 unspecified atom stereocenters. The molecule has 1 heterocycles. The molecule has 2 aromatic rings. The Morgan fingerprint density at radius 1 is 1.33 bits per heavy atom. The van der Waals surface area contributed by atoms with Gasteiger partial charge in [0.15, 0.2) is 5.78 Å². The molecule has 3 nitrogen and oxygen atoms in total. The lowest BCUT2D eigenvalue weighted by atomic mass is 9.84. The van der Waals surface area contributed by atoms with Gasteiger partial charge in [0.1, 0.15) is 0 Å². The van der Waals surface area contributed by atoms with Crippen LogP contribution in [0.3, 0.4) is 0 Å². The number of aromatic amines is 1. The smallest absolute Gasteiger partial charge is 0.166 e. The fourth-order valence-electron chi connectivity index (χ4n) is 2.57. The van der Waals surface area contributed by atoms with Crippen molar-refractivity contribution < 1.29 is 4.79 Å². The zero-order valence-corrected chi connectivity index (χ0v) is 10.4. The SMILES string of the molecule is Cc1ccc(C(=O)C2CCc3[nH]cnc3C2)cc1. The molecule has 1 atom stereocenters. The maximum atomic E-state index is 12.4. The lowest BCUT2D eigenvalue weighted by Gasteiger charge is -2.20. The molecule has 0 fully saturated rings. The summed E-state index contributed by atoms with van der Waals surface area (Å²) < 4.78 is 0. The second-order valence-electron chi connectivity index (χ2n) is 5.00. The van der Waals surface area contributed by atoms with Crippen molar-refractivity contribution in [3.05, 3.63) is 53.1 Å². The fourth-order valence-corrected chi connectivity index (χ4v) is 2.57. The van der Waals surface area contributed by atoms with Gasteiger partial charge < -0.3 is 4.98 Å². The summed E-state index contributed by atoms with van der Waals surface area (Å²) in [5.74, 6) is 0.340. The monoisotopic (exact) mass is 240 g/mol. The Morgan fingerprint density at radius 3 is 2.89 bits per heavy atom. The highest BCUT2D eigenvalue weighted by Crippen LogP contribution is 2.25. The highest BCUT2D eigenvalue weighted by molar-refractivity contribution is 5.98. The van der Waals surface area contributed by atoms with Crippen LogP contribution >= 0.6 is 0 Å². The van der Waals surface area contributed by atoms with Crippen molar-refractivity contribution in [2.45, 2.75) is 26.2 Å². The molecule has 0 spiro atoms. The van der Waals surface area contributed by atoms with Crippen LogP contribution in [0.15, 0.2) is 30.6 Å². The van der Waals surface area contributed by atoms with Crippen molar-refractivity contribution in [3.63, 3.8) is 0 Å². The molecule has 3 heteroatoms. The molecular formula is C15H16N2O. The minimum absolute atomic E-state index is 0.0866. The Labute approximate surface area is 106 Å². The van der Waals surface area contributed by atoms with E-state index in [9.17, 15) is 4.79 Å². The van der Waals surface area contributed by atoms with E-state index in [2.05, 4.69) is 9.97 Å². The number of Topliss-reactive ketones (excluding diaryl/α,β-unsaturated/α-hetero) is 1. The van der Waals surface area contributed by atoms with Crippen LogP contribution in [0.1, 0.15) is 33.7 Å². The average molecular weight is 240 g/mol. The molecule has 1 aliphatic carbocycles. The maximum Gasteiger partial charge on any atom is 0.166 e. The van der Waals surface area contributed by atoms with Crippen LogP contribution in [0.5, 0.6) is 0 Å². The molecule has 0 amide bonds. The number of aryl methyl sites for hydroxylation is 2. The lowest BCUT2D eigenvalue weighted by Crippen LogP contribution is -2.22. The van der Waals surface area contributed by atoms with Gasteiger partial charge in [0.2, 0.25) is 0 Å². The number of hydrogen-bond donors (Lipinski definition) is 1. The van der Waals surface area contributed by atoms with Gasteiger partial charge in [-0.15, -0.1) is 0 Å². The van der Waals surface area contributed by atoms with Crippen molar-refractivity contribution in [3.8, 4) is 0 Å². The average Bonchev–Trinajstić information content (AvgIpc) is 2.86. The van der Waals surface area contributed by atoms with Gasteiger partial charge in [0.05, 0.1) is 12.0 Å². The Balaban J connectivity index is 1.80. The standard InChI is InChI=1S/C15H16N2O/c1-10-2-4-11(5-3-10)15(18)12-6-7-13-14(8-12)17-9-16-13/h2-5,9,12H,6-8H2,1H3,(H,16,17). The molecule has 1 aliphatic rings. The van der Waals surface area contributed by atoms with Crippen molar-refractivity contribution in [2.75, 3.05) is 0 Å². The highest BCUT2D eigenvalue weighted by Gasteiger charge is 2.26. The molecular weight excluding hydrogens is 224 g/mol. The molecule has 0 bridgehead atoms. The third kappa shape index (κ3) is 1.96. The Kier molecular flexibility index (Phi) is 2.74. The molecule has 1 aromatic carbocycles. The van der Waals surface area contributed by atoms with E-state index in [4.69, 9.17) is 0 Å². The first kappa shape index (κ1) is 11.2. The predicted octanol–water partition coefficient (Wildman–Crippen LogP) is 2.71. The number of nitrogens with one attached hydrogen (secondary N) is 1. The summed E-state index contributed by atoms with van der Waals surface area (Å²) in [5.41, 5.74) is 4.27. The number of benzene rings is 1. The number of nitrogens with zero attached hydrogens (tertiary/aromatic N) is 1. The number of fused-ring (bicyclic) bond motifs is 1. The molecule has 1 aromatic heterocycles. The van der Waals surface area contributed by atoms with E-state index >= 15 is 0 Å². The number of carbonyl (C=O) groups excluding carboxylic acids is 1. The number of H-pyrrole nitrogens is 1. The molecule has 92 valence electrons. The minimum atomic E-state index is 0.0866. The van der Waals surface area contributed by atoms with Crippen LogP contribution in [0.4, 0.5) is 0 Å². The summed E-state index contributed by atoms with van der Waals surface area (Å²) >= 11 is 0. The summed E-state index contributed by atoms with van der Waals surface area (Å²) in [6, 6.07) is 7.85. The summed E-state index contributed by atoms with van der Waals surface area (Å²) in [4.78, 5) is 19.8. The maximum absolute atomic E-state index is 12.4. The minimum Gasteiger partial charge on any atom is -0.348 e. The number of rotatable bonds is 2. The van der Waals surface area contributed by atoms with Crippen LogP contribution in [-0.2, 0) is 12.8 Å². The van der Waals surface area contributed by atoms with Gasteiger partial charge in [0, 0.05) is 23.6 Å². The van der Waals surface area contributed by atoms with Gasteiger partial charge in [-0.25, -0.2) is 4.98 Å². The van der Waals surface area contributed by atoms with Crippen LogP contribution in [0.2, 0.25) is 0 Å².